The minimum Gasteiger partial charge on any atom is -0.455 e. The summed E-state index contributed by atoms with van der Waals surface area (Å²) in [5, 5.41) is 6.36. The Morgan fingerprint density at radius 2 is 0.833 bits per heavy atom. The second kappa shape index (κ2) is 10.5. The highest BCUT2D eigenvalue weighted by atomic mass is 16.3. The third kappa shape index (κ3) is 4.08. The molecule has 10 rings (SSSR count). The molecule has 3 heterocycles. The van der Waals surface area contributed by atoms with Gasteiger partial charge in [-0.2, -0.15) is 0 Å². The van der Waals surface area contributed by atoms with E-state index in [4.69, 9.17) is 23.8 Å². The highest BCUT2D eigenvalue weighted by Crippen LogP contribution is 2.44. The van der Waals surface area contributed by atoms with Gasteiger partial charge in [0.15, 0.2) is 17.5 Å². The van der Waals surface area contributed by atoms with Crippen molar-refractivity contribution in [2.24, 2.45) is 0 Å². The lowest BCUT2D eigenvalue weighted by molar-refractivity contribution is 0.670. The van der Waals surface area contributed by atoms with E-state index >= 15 is 0 Å². The number of furan rings is 2. The van der Waals surface area contributed by atoms with Crippen molar-refractivity contribution in [2.75, 3.05) is 0 Å². The van der Waals surface area contributed by atoms with Crippen molar-refractivity contribution in [1.29, 1.82) is 0 Å². The van der Waals surface area contributed by atoms with Crippen LogP contribution < -0.4 is 0 Å². The van der Waals surface area contributed by atoms with Gasteiger partial charge in [-0.05, 0) is 41.3 Å². The zero-order chi connectivity index (χ0) is 31.6. The Bertz CT molecular complexity index is 2780. The van der Waals surface area contributed by atoms with Gasteiger partial charge >= 0.3 is 0 Å². The zero-order valence-corrected chi connectivity index (χ0v) is 25.6. The van der Waals surface area contributed by atoms with E-state index < -0.39 is 0 Å². The molecule has 5 heteroatoms. The van der Waals surface area contributed by atoms with Gasteiger partial charge < -0.3 is 8.83 Å². The number of aromatic nitrogens is 3. The van der Waals surface area contributed by atoms with Crippen LogP contribution in [0.1, 0.15) is 0 Å². The van der Waals surface area contributed by atoms with Crippen LogP contribution in [0.4, 0.5) is 0 Å². The molecule has 0 unspecified atom stereocenters. The van der Waals surface area contributed by atoms with E-state index in [1.165, 1.54) is 0 Å². The molecule has 0 saturated carbocycles. The number of fused-ring (bicyclic) bond motifs is 8. The summed E-state index contributed by atoms with van der Waals surface area (Å²) < 4.78 is 13.1. The lowest BCUT2D eigenvalue weighted by Gasteiger charge is -2.12. The summed E-state index contributed by atoms with van der Waals surface area (Å²) >= 11 is 0. The summed E-state index contributed by atoms with van der Waals surface area (Å²) in [7, 11) is 0. The van der Waals surface area contributed by atoms with Crippen LogP contribution in [0.5, 0.6) is 0 Å². The second-order valence-electron chi connectivity index (χ2n) is 11.9. The van der Waals surface area contributed by atoms with E-state index in [1.54, 1.807) is 0 Å². The molecule has 10 aromatic rings. The van der Waals surface area contributed by atoms with Crippen molar-refractivity contribution >= 4 is 54.6 Å². The molecule has 0 spiro atoms. The van der Waals surface area contributed by atoms with Crippen LogP contribution in [0, 0.1) is 0 Å². The molecule has 5 nitrogen and oxygen atoms in total. The van der Waals surface area contributed by atoms with E-state index in [1.807, 2.05) is 91.0 Å². The Balaban J connectivity index is 1.25. The van der Waals surface area contributed by atoms with Gasteiger partial charge in [0, 0.05) is 49.2 Å². The molecule has 224 valence electrons. The van der Waals surface area contributed by atoms with E-state index in [9.17, 15) is 0 Å². The van der Waals surface area contributed by atoms with Gasteiger partial charge in [-0.3, -0.25) is 0 Å². The molecule has 48 heavy (non-hydrogen) atoms. The zero-order valence-electron chi connectivity index (χ0n) is 25.6. The summed E-state index contributed by atoms with van der Waals surface area (Å²) in [5.74, 6) is 1.83. The topological polar surface area (TPSA) is 65.0 Å². The number of para-hydroxylation sites is 2. The molecule has 7 aromatic carbocycles. The molecule has 0 N–H and O–H groups in total. The summed E-state index contributed by atoms with van der Waals surface area (Å²) in [6.07, 6.45) is 0. The Kier molecular flexibility index (Phi) is 5.81. The third-order valence-corrected chi connectivity index (χ3v) is 9.16. The van der Waals surface area contributed by atoms with Crippen LogP contribution in [-0.4, -0.2) is 15.0 Å². The molecule has 0 amide bonds. The first kappa shape index (κ1) is 26.6. The third-order valence-electron chi connectivity index (χ3n) is 9.16. The first-order chi connectivity index (χ1) is 23.8. The maximum Gasteiger partial charge on any atom is 0.164 e. The van der Waals surface area contributed by atoms with E-state index in [0.717, 1.165) is 82.5 Å². The number of rotatable bonds is 4. The van der Waals surface area contributed by atoms with Crippen LogP contribution >= 0.6 is 0 Å². The lowest BCUT2D eigenvalue weighted by atomic mass is 9.93. The predicted molar refractivity (Wildman–Crippen MR) is 194 cm³/mol. The van der Waals surface area contributed by atoms with Crippen LogP contribution in [-0.2, 0) is 0 Å². The van der Waals surface area contributed by atoms with Gasteiger partial charge in [-0.1, -0.05) is 121 Å². The van der Waals surface area contributed by atoms with Crippen molar-refractivity contribution < 1.29 is 8.83 Å². The van der Waals surface area contributed by atoms with Crippen molar-refractivity contribution in [3.8, 4) is 45.3 Å². The molecule has 0 atom stereocenters. The summed E-state index contributed by atoms with van der Waals surface area (Å²) in [4.78, 5) is 15.0. The van der Waals surface area contributed by atoms with E-state index in [0.29, 0.717) is 17.5 Å². The Hall–Kier alpha value is -6.59. The minimum atomic E-state index is 0.590. The molecule has 0 aliphatic carbocycles. The summed E-state index contributed by atoms with van der Waals surface area (Å²) in [6, 6.07) is 51.5. The van der Waals surface area contributed by atoms with Crippen LogP contribution in [0.25, 0.3) is 99.9 Å². The second-order valence-corrected chi connectivity index (χ2v) is 11.9. The Labute approximate surface area is 274 Å². The SMILES string of the molecule is c1ccc(-c2nc(-c3ccccc3)nc(-c3ccc(-c4cccc5c4ccc4c6ccccc6oc54)c4oc5ccccc5c34)n2)cc1. The van der Waals surface area contributed by atoms with Crippen molar-refractivity contribution in [3.05, 3.63) is 152 Å². The van der Waals surface area contributed by atoms with Crippen molar-refractivity contribution in [3.63, 3.8) is 0 Å². The number of hydrogen-bond acceptors (Lipinski definition) is 5. The average Bonchev–Trinajstić information content (AvgIpc) is 3.74. The van der Waals surface area contributed by atoms with E-state index in [-0.39, 0.29) is 0 Å². The molecule has 0 aliphatic heterocycles. The highest BCUT2D eigenvalue weighted by Gasteiger charge is 2.22. The molecule has 0 fully saturated rings. The molecular weight excluding hydrogens is 590 g/mol. The first-order valence-corrected chi connectivity index (χ1v) is 15.9. The van der Waals surface area contributed by atoms with Gasteiger partial charge in [-0.25, -0.2) is 15.0 Å². The summed E-state index contributed by atoms with van der Waals surface area (Å²) in [5.41, 5.74) is 8.16. The van der Waals surface area contributed by atoms with Crippen LogP contribution in [0.15, 0.2) is 160 Å². The van der Waals surface area contributed by atoms with Gasteiger partial charge in [0.1, 0.15) is 22.3 Å². The number of benzene rings is 7. The Morgan fingerprint density at radius 1 is 0.312 bits per heavy atom. The quantitative estimate of drug-likeness (QED) is 0.197. The lowest BCUT2D eigenvalue weighted by Crippen LogP contribution is -2.00. The number of nitrogens with zero attached hydrogens (tertiary/aromatic N) is 3. The first-order valence-electron chi connectivity index (χ1n) is 15.9. The van der Waals surface area contributed by atoms with Gasteiger partial charge in [0.25, 0.3) is 0 Å². The largest absolute Gasteiger partial charge is 0.455 e. The van der Waals surface area contributed by atoms with Crippen molar-refractivity contribution in [1.82, 2.24) is 15.0 Å². The monoisotopic (exact) mass is 615 g/mol. The highest BCUT2D eigenvalue weighted by molar-refractivity contribution is 6.20. The number of hydrogen-bond donors (Lipinski definition) is 0. The van der Waals surface area contributed by atoms with Crippen molar-refractivity contribution in [2.45, 2.75) is 0 Å². The maximum absolute atomic E-state index is 6.72. The molecular formula is C43H25N3O2. The smallest absolute Gasteiger partial charge is 0.164 e. The van der Waals surface area contributed by atoms with Crippen LogP contribution in [0.3, 0.4) is 0 Å². The van der Waals surface area contributed by atoms with Gasteiger partial charge in [0.2, 0.25) is 0 Å². The minimum absolute atomic E-state index is 0.590. The molecule has 0 saturated heterocycles. The molecule has 0 radical (unpaired) electrons. The molecule has 0 aliphatic rings. The molecule has 0 bridgehead atoms. The van der Waals surface area contributed by atoms with Crippen LogP contribution in [0.2, 0.25) is 0 Å². The fraction of sp³-hybridized carbons (Fsp3) is 0. The Morgan fingerprint density at radius 3 is 1.56 bits per heavy atom. The van der Waals surface area contributed by atoms with E-state index in [2.05, 4.69) is 60.7 Å². The van der Waals surface area contributed by atoms with Gasteiger partial charge in [0.05, 0.1) is 0 Å². The fourth-order valence-electron chi connectivity index (χ4n) is 6.93. The maximum atomic E-state index is 6.72. The average molecular weight is 616 g/mol. The normalized spacial score (nSPS) is 11.8. The fourth-order valence-corrected chi connectivity index (χ4v) is 6.93. The standard InChI is InChI=1S/C43H25N3O2/c1-3-12-26(13-4-1)41-44-42(27-14-5-2-6-15-27)46-43(45-41)35-25-24-32(40-38(35)34-17-8-10-21-37(34)48-40)28-18-11-19-31-29(28)22-23-33-30-16-7-9-20-36(30)47-39(31)33/h1-25H. The summed E-state index contributed by atoms with van der Waals surface area (Å²) in [6.45, 7) is 0. The molecule has 3 aromatic heterocycles. The van der Waals surface area contributed by atoms with Gasteiger partial charge in [-0.15, -0.1) is 0 Å². The predicted octanol–water partition coefficient (Wildman–Crippen LogP) is 11.5.